The molecule has 0 radical (unpaired) electrons. The number of aromatic nitrogens is 2. The minimum absolute atomic E-state index is 0.156. The monoisotopic (exact) mass is 348 g/mol. The molecule has 0 bridgehead atoms. The number of para-hydroxylation sites is 1. The highest BCUT2D eigenvalue weighted by Crippen LogP contribution is 2.21. The zero-order valence-corrected chi connectivity index (χ0v) is 13.6. The second-order valence-corrected chi connectivity index (χ2v) is 6.16. The second-order valence-electron chi connectivity index (χ2n) is 5.75. The van der Waals surface area contributed by atoms with Gasteiger partial charge in [0.15, 0.2) is 0 Å². The summed E-state index contributed by atoms with van der Waals surface area (Å²) < 4.78 is 1.00. The van der Waals surface area contributed by atoms with E-state index in [1.807, 2.05) is 4.90 Å². The Kier molecular flexibility index (Phi) is 4.44. The van der Waals surface area contributed by atoms with E-state index >= 15 is 0 Å². The van der Waals surface area contributed by atoms with E-state index in [0.29, 0.717) is 42.5 Å². The maximum atomic E-state index is 12.4. The van der Waals surface area contributed by atoms with Crippen LogP contribution in [0.1, 0.15) is 12.8 Å². The van der Waals surface area contributed by atoms with E-state index in [2.05, 4.69) is 4.98 Å². The molecule has 126 valence electrons. The summed E-state index contributed by atoms with van der Waals surface area (Å²) in [6.45, 7) is 1.11. The summed E-state index contributed by atoms with van der Waals surface area (Å²) in [6, 6.07) is 8.02. The van der Waals surface area contributed by atoms with E-state index in [1.165, 1.54) is 6.07 Å². The number of benzene rings is 1. The molecule has 7 nitrogen and oxygen atoms in total. The van der Waals surface area contributed by atoms with Crippen molar-refractivity contribution in [1.82, 2.24) is 9.55 Å². The standard InChI is InChI=1S/C16H17ClN4O3/c17-11-3-1-2-4-12(11)21-14(22)9-13(19-16(21)24)20-7-5-10(6-8-20)15(18)23/h1-4,9-10H,5-8H2,(H2,18,23)(H,19,24). The van der Waals surface area contributed by atoms with Gasteiger partial charge in [-0.05, 0) is 25.0 Å². The van der Waals surface area contributed by atoms with Crippen molar-refractivity contribution < 1.29 is 4.79 Å². The van der Waals surface area contributed by atoms with Crippen molar-refractivity contribution in [2.45, 2.75) is 12.8 Å². The maximum Gasteiger partial charge on any atom is 0.334 e. The Labute approximate surface area is 142 Å². The number of carbonyl (C=O) groups is 1. The lowest BCUT2D eigenvalue weighted by Gasteiger charge is -2.31. The van der Waals surface area contributed by atoms with E-state index in [9.17, 15) is 14.4 Å². The Morgan fingerprint density at radius 2 is 1.88 bits per heavy atom. The Morgan fingerprint density at radius 1 is 1.21 bits per heavy atom. The van der Waals surface area contributed by atoms with Gasteiger partial charge in [-0.1, -0.05) is 23.7 Å². The molecule has 3 rings (SSSR count). The lowest BCUT2D eigenvalue weighted by Crippen LogP contribution is -2.42. The Morgan fingerprint density at radius 3 is 2.46 bits per heavy atom. The first-order valence-electron chi connectivity index (χ1n) is 7.63. The van der Waals surface area contributed by atoms with Crippen LogP contribution in [0.5, 0.6) is 0 Å². The highest BCUT2D eigenvalue weighted by atomic mass is 35.5. The van der Waals surface area contributed by atoms with Gasteiger partial charge in [-0.15, -0.1) is 0 Å². The first-order valence-corrected chi connectivity index (χ1v) is 8.00. The lowest BCUT2D eigenvalue weighted by molar-refractivity contribution is -0.122. The number of nitrogens with one attached hydrogen (secondary N) is 1. The molecule has 1 aliphatic rings. The zero-order chi connectivity index (χ0) is 17.3. The van der Waals surface area contributed by atoms with Crippen LogP contribution in [0.4, 0.5) is 5.82 Å². The average molecular weight is 349 g/mol. The number of hydrogen-bond acceptors (Lipinski definition) is 4. The van der Waals surface area contributed by atoms with E-state index in [0.717, 1.165) is 4.57 Å². The Balaban J connectivity index is 1.92. The van der Waals surface area contributed by atoms with Crippen LogP contribution in [0.15, 0.2) is 39.9 Å². The van der Waals surface area contributed by atoms with Crippen LogP contribution >= 0.6 is 11.6 Å². The van der Waals surface area contributed by atoms with Crippen molar-refractivity contribution >= 4 is 23.3 Å². The van der Waals surface area contributed by atoms with Crippen LogP contribution < -0.4 is 21.9 Å². The van der Waals surface area contributed by atoms with Crippen LogP contribution in [0.2, 0.25) is 5.02 Å². The molecule has 0 aliphatic carbocycles. The first kappa shape index (κ1) is 16.3. The molecule has 1 fully saturated rings. The summed E-state index contributed by atoms with van der Waals surface area (Å²) in [6.07, 6.45) is 1.20. The van der Waals surface area contributed by atoms with Crippen LogP contribution in [-0.4, -0.2) is 28.5 Å². The van der Waals surface area contributed by atoms with Crippen molar-refractivity contribution in [3.8, 4) is 5.69 Å². The number of anilines is 1. The molecule has 2 heterocycles. The Bertz CT molecular complexity index is 850. The van der Waals surface area contributed by atoms with Gasteiger partial charge in [-0.3, -0.25) is 14.6 Å². The topological polar surface area (TPSA) is 101 Å². The highest BCUT2D eigenvalue weighted by Gasteiger charge is 2.24. The largest absolute Gasteiger partial charge is 0.369 e. The summed E-state index contributed by atoms with van der Waals surface area (Å²) in [7, 11) is 0. The van der Waals surface area contributed by atoms with Crippen LogP contribution in [0, 0.1) is 5.92 Å². The van der Waals surface area contributed by atoms with Gasteiger partial charge in [0.25, 0.3) is 5.56 Å². The van der Waals surface area contributed by atoms with Crippen molar-refractivity contribution in [1.29, 1.82) is 0 Å². The molecule has 1 amide bonds. The van der Waals surface area contributed by atoms with E-state index in [1.54, 1.807) is 24.3 Å². The molecular formula is C16H17ClN4O3. The van der Waals surface area contributed by atoms with Gasteiger partial charge >= 0.3 is 5.69 Å². The van der Waals surface area contributed by atoms with Crippen LogP contribution in [0.25, 0.3) is 5.69 Å². The van der Waals surface area contributed by atoms with E-state index < -0.39 is 11.2 Å². The molecule has 3 N–H and O–H groups in total. The number of nitrogens with two attached hydrogens (primary N) is 1. The summed E-state index contributed by atoms with van der Waals surface area (Å²) in [5.41, 5.74) is 4.64. The van der Waals surface area contributed by atoms with Crippen LogP contribution in [0.3, 0.4) is 0 Å². The molecule has 8 heteroatoms. The molecular weight excluding hydrogens is 332 g/mol. The minimum atomic E-state index is -0.553. The van der Waals surface area contributed by atoms with Crippen molar-refractivity contribution in [3.63, 3.8) is 0 Å². The van der Waals surface area contributed by atoms with Crippen molar-refractivity contribution in [2.75, 3.05) is 18.0 Å². The van der Waals surface area contributed by atoms with E-state index in [4.69, 9.17) is 17.3 Å². The third-order valence-electron chi connectivity index (χ3n) is 4.25. The van der Waals surface area contributed by atoms with Gasteiger partial charge in [0.2, 0.25) is 5.91 Å². The maximum absolute atomic E-state index is 12.4. The fraction of sp³-hybridized carbons (Fsp3) is 0.312. The molecule has 2 aromatic rings. The number of aromatic amines is 1. The number of nitrogens with zero attached hydrogens (tertiary/aromatic N) is 2. The number of carbonyl (C=O) groups excluding carboxylic acids is 1. The number of halogens is 1. The number of H-pyrrole nitrogens is 1. The summed E-state index contributed by atoms with van der Waals surface area (Å²) >= 11 is 6.07. The van der Waals surface area contributed by atoms with Gasteiger partial charge in [0.05, 0.1) is 10.7 Å². The van der Waals surface area contributed by atoms with Gasteiger partial charge in [-0.2, -0.15) is 0 Å². The molecule has 1 aromatic heterocycles. The number of hydrogen-bond donors (Lipinski definition) is 2. The van der Waals surface area contributed by atoms with Crippen LogP contribution in [-0.2, 0) is 4.79 Å². The van der Waals surface area contributed by atoms with Crippen molar-refractivity contribution in [3.05, 3.63) is 56.2 Å². The molecule has 0 spiro atoms. The summed E-state index contributed by atoms with van der Waals surface area (Å²) in [5.74, 6) is -0.0232. The highest BCUT2D eigenvalue weighted by molar-refractivity contribution is 6.32. The Hall–Kier alpha value is -2.54. The predicted molar refractivity (Wildman–Crippen MR) is 91.8 cm³/mol. The van der Waals surface area contributed by atoms with Gasteiger partial charge in [-0.25, -0.2) is 9.36 Å². The summed E-state index contributed by atoms with van der Waals surface area (Å²) in [4.78, 5) is 40.6. The second kappa shape index (κ2) is 6.52. The lowest BCUT2D eigenvalue weighted by atomic mass is 9.96. The van der Waals surface area contributed by atoms with Gasteiger partial charge in [0.1, 0.15) is 5.82 Å². The SMILES string of the molecule is NC(=O)C1CCN(c2cc(=O)n(-c3ccccc3Cl)c(=O)[nH]2)CC1. The third-order valence-corrected chi connectivity index (χ3v) is 4.57. The molecule has 0 unspecified atom stereocenters. The first-order chi connectivity index (χ1) is 11.5. The summed E-state index contributed by atoms with van der Waals surface area (Å²) in [5, 5.41) is 0.320. The predicted octanol–water partition coefficient (Wildman–Crippen LogP) is 0.881. The molecule has 24 heavy (non-hydrogen) atoms. The van der Waals surface area contributed by atoms with Crippen molar-refractivity contribution in [2.24, 2.45) is 11.7 Å². The molecule has 0 saturated carbocycles. The average Bonchev–Trinajstić information content (AvgIpc) is 2.56. The number of piperidine rings is 1. The number of rotatable bonds is 3. The van der Waals surface area contributed by atoms with Gasteiger partial charge < -0.3 is 10.6 Å². The molecule has 1 aliphatic heterocycles. The van der Waals surface area contributed by atoms with E-state index in [-0.39, 0.29) is 11.8 Å². The molecule has 0 atom stereocenters. The fourth-order valence-electron chi connectivity index (χ4n) is 2.92. The molecule has 1 aromatic carbocycles. The fourth-order valence-corrected chi connectivity index (χ4v) is 3.14. The zero-order valence-electron chi connectivity index (χ0n) is 12.9. The minimum Gasteiger partial charge on any atom is -0.369 e. The third kappa shape index (κ3) is 3.07. The normalized spacial score (nSPS) is 15.5. The smallest absolute Gasteiger partial charge is 0.334 e. The van der Waals surface area contributed by atoms with Gasteiger partial charge in [0, 0.05) is 25.1 Å². The molecule has 1 saturated heterocycles. The number of primary amides is 1. The number of amides is 1. The quantitative estimate of drug-likeness (QED) is 0.859.